The minimum absolute atomic E-state index is 0.0438. The van der Waals surface area contributed by atoms with Crippen molar-refractivity contribution < 1.29 is 24.1 Å². The van der Waals surface area contributed by atoms with E-state index >= 15 is 0 Å². The SMILES string of the molecule is N#Cc1cccc2c1OC[C@H](CN1CCC(CCN3C(=O)OC[C@H]3CO)CC1)O2. The molecular weight excluding hydrogens is 374 g/mol. The number of hydrogen-bond donors (Lipinski definition) is 1. The average molecular weight is 401 g/mol. The summed E-state index contributed by atoms with van der Waals surface area (Å²) in [6.07, 6.45) is 2.74. The molecule has 2 saturated heterocycles. The van der Waals surface area contributed by atoms with Gasteiger partial charge in [0.1, 0.15) is 25.4 Å². The van der Waals surface area contributed by atoms with Crippen molar-refractivity contribution in [3.05, 3.63) is 23.8 Å². The van der Waals surface area contributed by atoms with Gasteiger partial charge >= 0.3 is 6.09 Å². The van der Waals surface area contributed by atoms with E-state index in [9.17, 15) is 9.90 Å². The maximum atomic E-state index is 11.8. The summed E-state index contributed by atoms with van der Waals surface area (Å²) in [5, 5.41) is 18.5. The van der Waals surface area contributed by atoms with Crippen molar-refractivity contribution in [3.8, 4) is 17.6 Å². The number of ether oxygens (including phenoxy) is 3. The number of aliphatic hydroxyl groups is 1. The van der Waals surface area contributed by atoms with Crippen LogP contribution in [0.25, 0.3) is 0 Å². The van der Waals surface area contributed by atoms with Gasteiger partial charge in [-0.1, -0.05) is 6.07 Å². The summed E-state index contributed by atoms with van der Waals surface area (Å²) in [5.41, 5.74) is 0.507. The number of piperidine rings is 1. The van der Waals surface area contributed by atoms with Crippen LogP contribution < -0.4 is 9.47 Å². The second-order valence-corrected chi connectivity index (χ2v) is 7.93. The van der Waals surface area contributed by atoms with Crippen molar-refractivity contribution in [2.45, 2.75) is 31.4 Å². The number of carbonyl (C=O) groups is 1. The zero-order chi connectivity index (χ0) is 20.2. The summed E-state index contributed by atoms with van der Waals surface area (Å²) in [7, 11) is 0. The van der Waals surface area contributed by atoms with Crippen molar-refractivity contribution in [1.29, 1.82) is 5.26 Å². The van der Waals surface area contributed by atoms with E-state index < -0.39 is 0 Å². The molecule has 2 atom stereocenters. The number of rotatable bonds is 6. The fourth-order valence-electron chi connectivity index (χ4n) is 4.31. The number of hydrogen-bond acceptors (Lipinski definition) is 7. The van der Waals surface area contributed by atoms with Gasteiger partial charge in [0.05, 0.1) is 18.2 Å². The lowest BCUT2D eigenvalue weighted by molar-refractivity contribution is 0.0462. The van der Waals surface area contributed by atoms with Gasteiger partial charge in [0.25, 0.3) is 0 Å². The van der Waals surface area contributed by atoms with Gasteiger partial charge in [-0.05, 0) is 50.4 Å². The highest BCUT2D eigenvalue weighted by atomic mass is 16.6. The molecule has 0 unspecified atom stereocenters. The Kier molecular flexibility index (Phi) is 6.07. The first kappa shape index (κ1) is 19.8. The zero-order valence-electron chi connectivity index (χ0n) is 16.5. The molecule has 156 valence electrons. The zero-order valence-corrected chi connectivity index (χ0v) is 16.5. The molecule has 0 aliphatic carbocycles. The van der Waals surface area contributed by atoms with Gasteiger partial charge < -0.3 is 19.3 Å². The third-order valence-corrected chi connectivity index (χ3v) is 6.04. The molecule has 2 fully saturated rings. The molecule has 1 N–H and O–H groups in total. The lowest BCUT2D eigenvalue weighted by Crippen LogP contribution is -2.44. The van der Waals surface area contributed by atoms with Crippen LogP contribution in [-0.2, 0) is 4.74 Å². The summed E-state index contributed by atoms with van der Waals surface area (Å²) < 4.78 is 16.9. The van der Waals surface area contributed by atoms with Crippen LogP contribution in [0.5, 0.6) is 11.5 Å². The smallest absolute Gasteiger partial charge is 0.410 e. The Labute approximate surface area is 170 Å². The second kappa shape index (κ2) is 8.89. The average Bonchev–Trinajstić information content (AvgIpc) is 3.12. The van der Waals surface area contributed by atoms with Gasteiger partial charge in [0.2, 0.25) is 0 Å². The van der Waals surface area contributed by atoms with Crippen LogP contribution in [0, 0.1) is 17.2 Å². The highest BCUT2D eigenvalue weighted by Gasteiger charge is 2.33. The van der Waals surface area contributed by atoms with Crippen LogP contribution >= 0.6 is 0 Å². The van der Waals surface area contributed by atoms with E-state index in [0.29, 0.717) is 36.1 Å². The van der Waals surface area contributed by atoms with Gasteiger partial charge in [-0.15, -0.1) is 0 Å². The van der Waals surface area contributed by atoms with Crippen LogP contribution in [0.15, 0.2) is 18.2 Å². The first-order valence-corrected chi connectivity index (χ1v) is 10.3. The predicted molar refractivity (Wildman–Crippen MR) is 104 cm³/mol. The highest BCUT2D eigenvalue weighted by molar-refractivity contribution is 5.70. The largest absolute Gasteiger partial charge is 0.484 e. The maximum Gasteiger partial charge on any atom is 0.410 e. The Balaban J connectivity index is 1.21. The molecule has 0 saturated carbocycles. The van der Waals surface area contributed by atoms with E-state index in [-0.39, 0.29) is 31.5 Å². The van der Waals surface area contributed by atoms with Crippen molar-refractivity contribution in [2.24, 2.45) is 5.92 Å². The lowest BCUT2D eigenvalue weighted by Gasteiger charge is -2.36. The molecule has 3 aliphatic heterocycles. The lowest BCUT2D eigenvalue weighted by atomic mass is 9.93. The number of benzene rings is 1. The van der Waals surface area contributed by atoms with Gasteiger partial charge in [-0.3, -0.25) is 9.80 Å². The van der Waals surface area contributed by atoms with Crippen LogP contribution in [-0.4, -0.2) is 79.1 Å². The molecule has 0 radical (unpaired) electrons. The number of likely N-dealkylation sites (tertiary alicyclic amines) is 1. The summed E-state index contributed by atoms with van der Waals surface area (Å²) in [6, 6.07) is 7.33. The van der Waals surface area contributed by atoms with Crippen LogP contribution in [0.2, 0.25) is 0 Å². The summed E-state index contributed by atoms with van der Waals surface area (Å²) in [6.45, 7) is 4.11. The minimum Gasteiger partial charge on any atom is -0.484 e. The summed E-state index contributed by atoms with van der Waals surface area (Å²) in [4.78, 5) is 15.8. The molecule has 1 aromatic rings. The summed E-state index contributed by atoms with van der Waals surface area (Å²) in [5.74, 6) is 1.76. The highest BCUT2D eigenvalue weighted by Crippen LogP contribution is 2.35. The molecule has 0 aromatic heterocycles. The summed E-state index contributed by atoms with van der Waals surface area (Å²) >= 11 is 0. The first-order valence-electron chi connectivity index (χ1n) is 10.3. The second-order valence-electron chi connectivity index (χ2n) is 7.93. The number of cyclic esters (lactones) is 1. The van der Waals surface area contributed by atoms with E-state index in [4.69, 9.17) is 19.5 Å². The van der Waals surface area contributed by atoms with Gasteiger partial charge in [0, 0.05) is 13.1 Å². The van der Waals surface area contributed by atoms with Gasteiger partial charge in [-0.2, -0.15) is 5.26 Å². The molecule has 3 aliphatic rings. The number of aliphatic hydroxyl groups excluding tert-OH is 1. The van der Waals surface area contributed by atoms with E-state index in [1.165, 1.54) is 0 Å². The molecule has 0 bridgehead atoms. The van der Waals surface area contributed by atoms with Crippen LogP contribution in [0.3, 0.4) is 0 Å². The maximum absolute atomic E-state index is 11.8. The Morgan fingerprint density at radius 2 is 2.03 bits per heavy atom. The van der Waals surface area contributed by atoms with Crippen LogP contribution in [0.1, 0.15) is 24.8 Å². The van der Waals surface area contributed by atoms with E-state index in [1.54, 1.807) is 11.0 Å². The van der Waals surface area contributed by atoms with Gasteiger partial charge in [-0.25, -0.2) is 4.79 Å². The number of fused-ring (bicyclic) bond motifs is 1. The first-order chi connectivity index (χ1) is 14.2. The number of nitrogens with zero attached hydrogens (tertiary/aromatic N) is 3. The minimum atomic E-state index is -0.309. The Bertz CT molecular complexity index is 772. The normalized spacial score (nSPS) is 25.0. The number of para-hydroxylation sites is 1. The third kappa shape index (κ3) is 4.41. The molecule has 0 spiro atoms. The fraction of sp³-hybridized carbons (Fsp3) is 0.619. The Morgan fingerprint density at radius 3 is 2.79 bits per heavy atom. The van der Waals surface area contributed by atoms with E-state index in [2.05, 4.69) is 11.0 Å². The topological polar surface area (TPSA) is 95.3 Å². The number of carbonyl (C=O) groups excluding carboxylic acids is 1. The third-order valence-electron chi connectivity index (χ3n) is 6.04. The van der Waals surface area contributed by atoms with Crippen molar-refractivity contribution in [2.75, 3.05) is 46.0 Å². The monoisotopic (exact) mass is 401 g/mol. The van der Waals surface area contributed by atoms with E-state index in [0.717, 1.165) is 38.9 Å². The number of nitriles is 1. The number of amides is 1. The van der Waals surface area contributed by atoms with Crippen molar-refractivity contribution in [3.63, 3.8) is 0 Å². The molecule has 8 heteroatoms. The van der Waals surface area contributed by atoms with Crippen molar-refractivity contribution in [1.82, 2.24) is 9.80 Å². The Hall–Kier alpha value is -2.50. The fourth-order valence-corrected chi connectivity index (χ4v) is 4.31. The molecule has 1 amide bonds. The van der Waals surface area contributed by atoms with Crippen molar-refractivity contribution >= 4 is 6.09 Å². The quantitative estimate of drug-likeness (QED) is 0.774. The molecule has 4 rings (SSSR count). The molecule has 1 aromatic carbocycles. The van der Waals surface area contributed by atoms with Crippen LogP contribution in [0.4, 0.5) is 4.79 Å². The van der Waals surface area contributed by atoms with E-state index in [1.807, 2.05) is 12.1 Å². The molecule has 8 nitrogen and oxygen atoms in total. The molecule has 29 heavy (non-hydrogen) atoms. The molecular formula is C21H27N3O5. The van der Waals surface area contributed by atoms with Gasteiger partial charge in [0.15, 0.2) is 11.5 Å². The molecule has 3 heterocycles. The Morgan fingerprint density at radius 1 is 1.21 bits per heavy atom. The predicted octanol–water partition coefficient (Wildman–Crippen LogP) is 1.61. The standard InChI is InChI=1S/C21H27N3O5/c22-10-16-2-1-3-19-20(16)27-14-18(29-19)11-23-7-4-15(5-8-23)6-9-24-17(12-25)13-28-21(24)26/h1-3,15,17-18,25H,4-9,11-14H2/t17-,18+/m1/s1.